The molecule has 0 aliphatic heterocycles. The van der Waals surface area contributed by atoms with Crippen LogP contribution >= 0.6 is 15.9 Å². The van der Waals surface area contributed by atoms with E-state index >= 15 is 0 Å². The molecule has 20 heavy (non-hydrogen) atoms. The Morgan fingerprint density at radius 2 is 2.35 bits per heavy atom. The molecule has 5 nitrogen and oxygen atoms in total. The van der Waals surface area contributed by atoms with Crippen molar-refractivity contribution < 1.29 is 9.90 Å². The molecule has 1 aliphatic rings. The van der Waals surface area contributed by atoms with Crippen molar-refractivity contribution in [3.8, 4) is 0 Å². The molecule has 106 valence electrons. The highest BCUT2D eigenvalue weighted by Gasteiger charge is 2.40. The minimum Gasteiger partial charge on any atom is -0.481 e. The Hall–Kier alpha value is -1.43. The van der Waals surface area contributed by atoms with Crippen LogP contribution in [0.3, 0.4) is 0 Å². The van der Waals surface area contributed by atoms with E-state index in [1.807, 2.05) is 6.07 Å². The number of imidazole rings is 1. The second-order valence-corrected chi connectivity index (χ2v) is 6.36. The lowest BCUT2D eigenvalue weighted by Crippen LogP contribution is -2.17. The predicted molar refractivity (Wildman–Crippen MR) is 78.5 cm³/mol. The molecule has 2 N–H and O–H groups in total. The number of carbonyl (C=O) groups is 1. The second kappa shape index (κ2) is 5.16. The zero-order valence-electron chi connectivity index (χ0n) is 11.1. The molecular weight excluding hydrogens is 322 g/mol. The van der Waals surface area contributed by atoms with E-state index in [1.165, 1.54) is 0 Å². The quantitative estimate of drug-likeness (QED) is 0.900. The Balaban J connectivity index is 1.98. The Bertz CT molecular complexity index is 655. The minimum atomic E-state index is -0.722. The first-order valence-corrected chi connectivity index (χ1v) is 7.61. The standard InChI is InChI=1S/C14H16BrN3O2/c1-2-7-3-9(10(4-7)14(19)20)12-17-11-5-8(15)6-16-13(11)18-12/h5-7,9-10H,2-4H2,1H3,(H,19,20)(H,16,17,18). The van der Waals surface area contributed by atoms with Gasteiger partial charge in [-0.2, -0.15) is 0 Å². The molecule has 0 aromatic carbocycles. The molecule has 3 atom stereocenters. The third-order valence-electron chi connectivity index (χ3n) is 4.23. The summed E-state index contributed by atoms with van der Waals surface area (Å²) < 4.78 is 0.882. The lowest BCUT2D eigenvalue weighted by molar-refractivity contribution is -0.142. The van der Waals surface area contributed by atoms with Crippen LogP contribution in [0.2, 0.25) is 0 Å². The largest absolute Gasteiger partial charge is 0.481 e. The van der Waals surface area contributed by atoms with E-state index in [2.05, 4.69) is 37.8 Å². The summed E-state index contributed by atoms with van der Waals surface area (Å²) in [6.07, 6.45) is 4.34. The van der Waals surface area contributed by atoms with Crippen LogP contribution in [0.5, 0.6) is 0 Å². The van der Waals surface area contributed by atoms with Gasteiger partial charge >= 0.3 is 5.97 Å². The summed E-state index contributed by atoms with van der Waals surface area (Å²) in [6.45, 7) is 2.11. The molecule has 1 fully saturated rings. The molecular formula is C14H16BrN3O2. The highest BCUT2D eigenvalue weighted by atomic mass is 79.9. The summed E-state index contributed by atoms with van der Waals surface area (Å²) in [6, 6.07) is 1.92. The number of carboxylic acid groups (broad SMARTS) is 1. The molecule has 6 heteroatoms. The number of halogens is 1. The molecule has 2 aromatic rings. The first-order chi connectivity index (χ1) is 9.58. The van der Waals surface area contributed by atoms with Crippen molar-refractivity contribution in [2.45, 2.75) is 32.1 Å². The van der Waals surface area contributed by atoms with Crippen molar-refractivity contribution in [3.05, 3.63) is 22.6 Å². The van der Waals surface area contributed by atoms with Gasteiger partial charge < -0.3 is 10.1 Å². The number of rotatable bonds is 3. The monoisotopic (exact) mass is 337 g/mol. The first kappa shape index (κ1) is 13.5. The van der Waals surface area contributed by atoms with Gasteiger partial charge in [-0.1, -0.05) is 13.3 Å². The summed E-state index contributed by atoms with van der Waals surface area (Å²) in [5, 5.41) is 9.41. The zero-order valence-corrected chi connectivity index (χ0v) is 12.7. The molecule has 2 heterocycles. The summed E-state index contributed by atoms with van der Waals surface area (Å²) in [7, 11) is 0. The zero-order chi connectivity index (χ0) is 14.3. The number of pyridine rings is 1. The fourth-order valence-electron chi connectivity index (χ4n) is 3.12. The summed E-state index contributed by atoms with van der Waals surface area (Å²) in [5.41, 5.74) is 1.49. The summed E-state index contributed by atoms with van der Waals surface area (Å²) >= 11 is 3.38. The number of H-pyrrole nitrogens is 1. The Morgan fingerprint density at radius 1 is 1.55 bits per heavy atom. The normalized spacial score (nSPS) is 26.2. The number of aromatic amines is 1. The molecule has 0 spiro atoms. The van der Waals surface area contributed by atoms with E-state index < -0.39 is 5.97 Å². The van der Waals surface area contributed by atoms with E-state index in [0.29, 0.717) is 11.6 Å². The number of hydrogen-bond acceptors (Lipinski definition) is 3. The highest BCUT2D eigenvalue weighted by Crippen LogP contribution is 2.43. The maximum Gasteiger partial charge on any atom is 0.307 e. The molecule has 0 saturated heterocycles. The number of carboxylic acids is 1. The van der Waals surface area contributed by atoms with Crippen LogP contribution < -0.4 is 0 Å². The van der Waals surface area contributed by atoms with Crippen LogP contribution in [-0.4, -0.2) is 26.0 Å². The second-order valence-electron chi connectivity index (χ2n) is 5.44. The van der Waals surface area contributed by atoms with Gasteiger partial charge in [0.2, 0.25) is 0 Å². The first-order valence-electron chi connectivity index (χ1n) is 6.82. The van der Waals surface area contributed by atoms with Gasteiger partial charge in [0.05, 0.1) is 11.4 Å². The van der Waals surface area contributed by atoms with Crippen LogP contribution in [0.4, 0.5) is 0 Å². The van der Waals surface area contributed by atoms with Gasteiger partial charge in [0.25, 0.3) is 0 Å². The summed E-state index contributed by atoms with van der Waals surface area (Å²) in [4.78, 5) is 23.4. The third-order valence-corrected chi connectivity index (χ3v) is 4.66. The van der Waals surface area contributed by atoms with Crippen molar-refractivity contribution >= 4 is 33.1 Å². The van der Waals surface area contributed by atoms with Crippen LogP contribution in [0, 0.1) is 11.8 Å². The Kier molecular flexibility index (Phi) is 3.50. The fourth-order valence-corrected chi connectivity index (χ4v) is 3.45. The highest BCUT2D eigenvalue weighted by molar-refractivity contribution is 9.10. The van der Waals surface area contributed by atoms with Crippen molar-refractivity contribution in [3.63, 3.8) is 0 Å². The Morgan fingerprint density at radius 3 is 3.05 bits per heavy atom. The molecule has 1 aliphatic carbocycles. The molecule has 2 aromatic heterocycles. The lowest BCUT2D eigenvalue weighted by atomic mass is 9.96. The minimum absolute atomic E-state index is 0.0366. The fraction of sp³-hybridized carbons (Fsp3) is 0.500. The average Bonchev–Trinajstić information content (AvgIpc) is 3.00. The molecule has 0 bridgehead atoms. The van der Waals surface area contributed by atoms with E-state index in [4.69, 9.17) is 0 Å². The molecule has 3 unspecified atom stereocenters. The predicted octanol–water partition coefficient (Wildman–Crippen LogP) is 3.32. The van der Waals surface area contributed by atoms with Crippen molar-refractivity contribution in [2.24, 2.45) is 11.8 Å². The average molecular weight is 338 g/mol. The van der Waals surface area contributed by atoms with Crippen molar-refractivity contribution in [2.75, 3.05) is 0 Å². The van der Waals surface area contributed by atoms with Crippen LogP contribution in [0.25, 0.3) is 11.2 Å². The van der Waals surface area contributed by atoms with Crippen LogP contribution in [-0.2, 0) is 4.79 Å². The number of hydrogen-bond donors (Lipinski definition) is 2. The van der Waals surface area contributed by atoms with Crippen LogP contribution in [0.1, 0.15) is 37.9 Å². The summed E-state index contributed by atoms with van der Waals surface area (Å²) in [5.74, 6) is 0.123. The molecule has 0 radical (unpaired) electrons. The van der Waals surface area contributed by atoms with E-state index in [-0.39, 0.29) is 11.8 Å². The van der Waals surface area contributed by atoms with E-state index in [0.717, 1.165) is 35.1 Å². The number of nitrogens with one attached hydrogen (secondary N) is 1. The SMILES string of the molecule is CCC1CC(C(=O)O)C(c2nc3ncc(Br)cc3[nH]2)C1. The maximum absolute atomic E-state index is 11.5. The third kappa shape index (κ3) is 2.32. The number of aliphatic carboxylic acids is 1. The van der Waals surface area contributed by atoms with Gasteiger partial charge in [0.15, 0.2) is 5.65 Å². The lowest BCUT2D eigenvalue weighted by Gasteiger charge is -2.12. The van der Waals surface area contributed by atoms with E-state index in [1.54, 1.807) is 6.20 Å². The van der Waals surface area contributed by atoms with Crippen molar-refractivity contribution in [1.82, 2.24) is 15.0 Å². The smallest absolute Gasteiger partial charge is 0.307 e. The molecule has 3 rings (SSSR count). The number of aromatic nitrogens is 3. The van der Waals surface area contributed by atoms with Gasteiger partial charge in [-0.3, -0.25) is 4.79 Å². The Labute approximate surface area is 124 Å². The topological polar surface area (TPSA) is 78.9 Å². The van der Waals surface area contributed by atoms with Gasteiger partial charge in [-0.25, -0.2) is 9.97 Å². The van der Waals surface area contributed by atoms with Gasteiger partial charge in [0.1, 0.15) is 5.82 Å². The number of nitrogens with zero attached hydrogens (tertiary/aromatic N) is 2. The maximum atomic E-state index is 11.5. The van der Waals surface area contributed by atoms with Gasteiger partial charge in [-0.15, -0.1) is 0 Å². The van der Waals surface area contributed by atoms with Crippen molar-refractivity contribution in [1.29, 1.82) is 0 Å². The van der Waals surface area contributed by atoms with E-state index in [9.17, 15) is 9.90 Å². The molecule has 1 saturated carbocycles. The van der Waals surface area contributed by atoms with Crippen LogP contribution in [0.15, 0.2) is 16.7 Å². The van der Waals surface area contributed by atoms with Gasteiger partial charge in [0, 0.05) is 16.6 Å². The van der Waals surface area contributed by atoms with Gasteiger partial charge in [-0.05, 0) is 40.8 Å². The number of fused-ring (bicyclic) bond motifs is 1. The molecule has 0 amide bonds.